The quantitative estimate of drug-likeness (QED) is 0.492. The molecule has 0 aliphatic heterocycles. The van der Waals surface area contributed by atoms with Crippen LogP contribution in [0, 0.1) is 0 Å². The molecule has 2 atom stereocenters. The van der Waals surface area contributed by atoms with E-state index in [0.29, 0.717) is 11.5 Å². The van der Waals surface area contributed by atoms with Gasteiger partial charge in [-0.15, -0.1) is 0 Å². The molecular formula is C21H21F3N4O3. The average Bonchev–Trinajstić information content (AvgIpc) is 3.14. The SMILES string of the molecule is COC(=O)[C@@H](C)NC(=O)CC(Nc1nc2ccccc2[nH]1)c1cccc(C(F)(F)F)c1. The normalized spacial score (nSPS) is 13.5. The van der Waals surface area contributed by atoms with Gasteiger partial charge in [0.2, 0.25) is 11.9 Å². The largest absolute Gasteiger partial charge is 0.467 e. The Balaban J connectivity index is 1.88. The molecule has 0 bridgehead atoms. The standard InChI is InChI=1S/C21H21F3N4O3/c1-12(19(30)31-2)25-18(29)11-17(13-6-5-7-14(10-13)21(22,23)24)28-20-26-15-8-3-4-9-16(15)27-20/h3-10,12,17H,11H2,1-2H3,(H,25,29)(H2,26,27,28)/t12-,17?/m1/s1. The Kier molecular flexibility index (Phi) is 6.47. The number of anilines is 1. The number of aromatic nitrogens is 2. The van der Waals surface area contributed by atoms with Crippen molar-refractivity contribution in [3.63, 3.8) is 0 Å². The van der Waals surface area contributed by atoms with E-state index in [4.69, 9.17) is 0 Å². The van der Waals surface area contributed by atoms with Crippen molar-refractivity contribution in [2.24, 2.45) is 0 Å². The first kappa shape index (κ1) is 22.1. The summed E-state index contributed by atoms with van der Waals surface area (Å²) in [4.78, 5) is 31.4. The molecule has 3 N–H and O–H groups in total. The zero-order chi connectivity index (χ0) is 22.6. The zero-order valence-electron chi connectivity index (χ0n) is 16.8. The summed E-state index contributed by atoms with van der Waals surface area (Å²) in [6.07, 6.45) is -4.76. The number of alkyl halides is 3. The van der Waals surface area contributed by atoms with Crippen molar-refractivity contribution in [2.75, 3.05) is 12.4 Å². The van der Waals surface area contributed by atoms with Crippen LogP contribution in [-0.4, -0.2) is 35.0 Å². The summed E-state index contributed by atoms with van der Waals surface area (Å²) in [6, 6.07) is 10.2. The lowest BCUT2D eigenvalue weighted by Crippen LogP contribution is -2.40. The van der Waals surface area contributed by atoms with Crippen LogP contribution in [0.2, 0.25) is 0 Å². The summed E-state index contributed by atoms with van der Waals surface area (Å²) >= 11 is 0. The topological polar surface area (TPSA) is 96.1 Å². The van der Waals surface area contributed by atoms with E-state index >= 15 is 0 Å². The van der Waals surface area contributed by atoms with Gasteiger partial charge in [0.25, 0.3) is 0 Å². The number of aromatic amines is 1. The minimum Gasteiger partial charge on any atom is -0.467 e. The van der Waals surface area contributed by atoms with Crippen LogP contribution in [0.1, 0.15) is 30.5 Å². The van der Waals surface area contributed by atoms with Crippen molar-refractivity contribution in [1.29, 1.82) is 0 Å². The average molecular weight is 434 g/mol. The second-order valence-electron chi connectivity index (χ2n) is 6.94. The number of halogens is 3. The summed E-state index contributed by atoms with van der Waals surface area (Å²) in [5.41, 5.74) is 0.814. The number of esters is 1. The van der Waals surface area contributed by atoms with Crippen molar-refractivity contribution in [3.05, 3.63) is 59.7 Å². The van der Waals surface area contributed by atoms with Gasteiger partial charge in [0.1, 0.15) is 6.04 Å². The first-order valence-corrected chi connectivity index (χ1v) is 9.43. The molecule has 0 fully saturated rings. The third kappa shape index (κ3) is 5.53. The molecule has 0 saturated carbocycles. The van der Waals surface area contributed by atoms with E-state index < -0.39 is 35.7 Å². The number of hydrogen-bond acceptors (Lipinski definition) is 5. The molecule has 2 aromatic carbocycles. The maximum absolute atomic E-state index is 13.2. The second-order valence-corrected chi connectivity index (χ2v) is 6.94. The zero-order valence-corrected chi connectivity index (χ0v) is 16.8. The van der Waals surface area contributed by atoms with Crippen molar-refractivity contribution < 1.29 is 27.5 Å². The molecule has 7 nitrogen and oxygen atoms in total. The maximum atomic E-state index is 13.2. The van der Waals surface area contributed by atoms with Crippen LogP contribution in [-0.2, 0) is 20.5 Å². The molecule has 0 aliphatic rings. The summed E-state index contributed by atoms with van der Waals surface area (Å²) in [5, 5.41) is 5.48. The number of H-pyrrole nitrogens is 1. The fourth-order valence-electron chi connectivity index (χ4n) is 3.09. The minimum absolute atomic E-state index is 0.236. The highest BCUT2D eigenvalue weighted by Gasteiger charge is 2.31. The van der Waals surface area contributed by atoms with Gasteiger partial charge in [0.05, 0.1) is 36.2 Å². The number of nitrogens with one attached hydrogen (secondary N) is 3. The highest BCUT2D eigenvalue weighted by Crippen LogP contribution is 2.32. The van der Waals surface area contributed by atoms with E-state index in [9.17, 15) is 22.8 Å². The second kappa shape index (κ2) is 9.07. The fraction of sp³-hybridized carbons (Fsp3) is 0.286. The molecule has 0 radical (unpaired) electrons. The number of fused-ring (bicyclic) bond motifs is 1. The Morgan fingerprint density at radius 1 is 1.16 bits per heavy atom. The number of hydrogen-bond donors (Lipinski definition) is 3. The minimum atomic E-state index is -4.53. The lowest BCUT2D eigenvalue weighted by Gasteiger charge is -2.21. The molecule has 10 heteroatoms. The monoisotopic (exact) mass is 434 g/mol. The van der Waals surface area contributed by atoms with Gasteiger partial charge in [-0.1, -0.05) is 24.3 Å². The number of benzene rings is 2. The van der Waals surface area contributed by atoms with E-state index in [-0.39, 0.29) is 12.0 Å². The van der Waals surface area contributed by atoms with Crippen LogP contribution in [0.25, 0.3) is 11.0 Å². The Bertz CT molecular complexity index is 1050. The van der Waals surface area contributed by atoms with Crippen LogP contribution >= 0.6 is 0 Å². The molecule has 0 spiro atoms. The van der Waals surface area contributed by atoms with Gasteiger partial charge in [-0.3, -0.25) is 4.79 Å². The van der Waals surface area contributed by atoms with Crippen molar-refractivity contribution in [3.8, 4) is 0 Å². The highest BCUT2D eigenvalue weighted by atomic mass is 19.4. The Morgan fingerprint density at radius 2 is 1.90 bits per heavy atom. The van der Waals surface area contributed by atoms with Gasteiger partial charge < -0.3 is 20.4 Å². The smallest absolute Gasteiger partial charge is 0.416 e. The molecule has 0 saturated heterocycles. The third-order valence-corrected chi connectivity index (χ3v) is 4.64. The summed E-state index contributed by atoms with van der Waals surface area (Å²) in [6.45, 7) is 1.45. The van der Waals surface area contributed by atoms with Crippen molar-refractivity contribution >= 4 is 28.9 Å². The molecule has 31 heavy (non-hydrogen) atoms. The summed E-state index contributed by atoms with van der Waals surface area (Å²) < 4.78 is 44.1. The van der Waals surface area contributed by atoms with E-state index in [1.807, 2.05) is 6.07 Å². The summed E-state index contributed by atoms with van der Waals surface area (Å²) in [7, 11) is 1.19. The van der Waals surface area contributed by atoms with Crippen LogP contribution < -0.4 is 10.6 Å². The lowest BCUT2D eigenvalue weighted by atomic mass is 10.0. The van der Waals surface area contributed by atoms with E-state index in [0.717, 1.165) is 17.6 Å². The van der Waals surface area contributed by atoms with Crippen LogP contribution in [0.3, 0.4) is 0 Å². The Labute approximate surface area is 176 Å². The number of imidazole rings is 1. The van der Waals surface area contributed by atoms with Gasteiger partial charge in [-0.05, 0) is 36.8 Å². The molecule has 1 unspecified atom stereocenters. The number of nitrogens with zero attached hydrogens (tertiary/aromatic N) is 1. The lowest BCUT2D eigenvalue weighted by molar-refractivity contribution is -0.144. The Morgan fingerprint density at radius 3 is 2.58 bits per heavy atom. The maximum Gasteiger partial charge on any atom is 0.416 e. The van der Waals surface area contributed by atoms with Gasteiger partial charge >= 0.3 is 12.1 Å². The predicted molar refractivity (Wildman–Crippen MR) is 108 cm³/mol. The Hall–Kier alpha value is -3.56. The van der Waals surface area contributed by atoms with Gasteiger partial charge in [-0.25, -0.2) is 9.78 Å². The molecule has 3 aromatic rings. The predicted octanol–water partition coefficient (Wildman–Crippen LogP) is 3.80. The van der Waals surface area contributed by atoms with E-state index in [1.165, 1.54) is 26.2 Å². The molecule has 3 rings (SSSR count). The van der Waals surface area contributed by atoms with Gasteiger partial charge in [0.15, 0.2) is 0 Å². The van der Waals surface area contributed by atoms with Crippen LogP contribution in [0.15, 0.2) is 48.5 Å². The number of methoxy groups -OCH3 is 1. The fourth-order valence-corrected chi connectivity index (χ4v) is 3.09. The van der Waals surface area contributed by atoms with E-state index in [2.05, 4.69) is 25.3 Å². The third-order valence-electron chi connectivity index (χ3n) is 4.64. The van der Waals surface area contributed by atoms with Crippen molar-refractivity contribution in [1.82, 2.24) is 15.3 Å². The highest BCUT2D eigenvalue weighted by molar-refractivity contribution is 5.84. The molecule has 1 amide bonds. The first-order chi connectivity index (χ1) is 14.7. The van der Waals surface area contributed by atoms with Crippen LogP contribution in [0.4, 0.5) is 19.1 Å². The van der Waals surface area contributed by atoms with Crippen LogP contribution in [0.5, 0.6) is 0 Å². The van der Waals surface area contributed by atoms with Gasteiger partial charge in [0, 0.05) is 0 Å². The number of carbonyl (C=O) groups is 2. The molecule has 1 heterocycles. The first-order valence-electron chi connectivity index (χ1n) is 9.43. The molecule has 164 valence electrons. The molecule has 1 aromatic heterocycles. The van der Waals surface area contributed by atoms with E-state index in [1.54, 1.807) is 18.2 Å². The molecular weight excluding hydrogens is 413 g/mol. The number of carbonyl (C=O) groups excluding carboxylic acids is 2. The summed E-state index contributed by atoms with van der Waals surface area (Å²) in [5.74, 6) is -0.865. The van der Waals surface area contributed by atoms with Crippen molar-refractivity contribution in [2.45, 2.75) is 31.6 Å². The number of para-hydroxylation sites is 2. The number of amides is 1. The number of rotatable bonds is 7. The molecule has 0 aliphatic carbocycles. The number of ether oxygens (including phenoxy) is 1. The van der Waals surface area contributed by atoms with Gasteiger partial charge in [-0.2, -0.15) is 13.2 Å².